The molecule has 0 saturated carbocycles. The average Bonchev–Trinajstić information content (AvgIpc) is 1.93. The summed E-state index contributed by atoms with van der Waals surface area (Å²) in [6, 6.07) is 0. The van der Waals surface area contributed by atoms with E-state index < -0.39 is 0 Å². The van der Waals surface area contributed by atoms with E-state index in [1.165, 1.54) is 0 Å². The van der Waals surface area contributed by atoms with Gasteiger partial charge in [-0.15, -0.1) is 0 Å². The first-order valence-electron chi connectivity index (χ1n) is 3.03. The predicted molar refractivity (Wildman–Crippen MR) is 46.5 cm³/mol. The van der Waals surface area contributed by atoms with E-state index in [9.17, 15) is 0 Å². The zero-order valence-electron chi connectivity index (χ0n) is 8.54. The Balaban J connectivity index is -0.0000000457. The minimum absolute atomic E-state index is 0. The molecular formula is C6H18AlNaO4. The molecule has 0 saturated heterocycles. The van der Waals surface area contributed by atoms with Gasteiger partial charge in [-0.3, -0.25) is 0 Å². The van der Waals surface area contributed by atoms with E-state index in [2.05, 4.69) is 9.47 Å². The summed E-state index contributed by atoms with van der Waals surface area (Å²) in [5.41, 5.74) is 0. The minimum atomic E-state index is 0. The second kappa shape index (κ2) is 29.4. The van der Waals surface area contributed by atoms with E-state index in [0.29, 0.717) is 13.2 Å². The van der Waals surface area contributed by atoms with Crippen LogP contribution in [0.15, 0.2) is 0 Å². The van der Waals surface area contributed by atoms with Gasteiger partial charge in [0, 0.05) is 14.2 Å². The zero-order valence-corrected chi connectivity index (χ0v) is 12.5. The predicted octanol–water partition coefficient (Wildman–Crippen LogP) is -4.66. The van der Waals surface area contributed by atoms with Crippen molar-refractivity contribution >= 4 is 17.4 Å². The Labute approximate surface area is 107 Å². The van der Waals surface area contributed by atoms with Gasteiger partial charge in [0.1, 0.15) is 0 Å². The number of ether oxygens (including phenoxy) is 2. The second-order valence-electron chi connectivity index (χ2n) is 1.43. The molecule has 0 spiro atoms. The fraction of sp³-hybridized carbons (Fsp3) is 1.00. The molecule has 0 amide bonds. The Bertz CT molecular complexity index is 40.5. The molecule has 0 fully saturated rings. The molecule has 0 atom stereocenters. The maximum Gasteiger partial charge on any atom is 1.00 e. The van der Waals surface area contributed by atoms with Gasteiger partial charge in [-0.2, -0.15) is 0 Å². The van der Waals surface area contributed by atoms with Crippen molar-refractivity contribution in [3.8, 4) is 0 Å². The van der Waals surface area contributed by atoms with Gasteiger partial charge in [0.05, 0.1) is 26.4 Å². The molecule has 4 nitrogen and oxygen atoms in total. The molecule has 0 rings (SSSR count). The van der Waals surface area contributed by atoms with Crippen LogP contribution >= 0.6 is 0 Å². The number of hydrogen-bond donors (Lipinski definition) is 2. The van der Waals surface area contributed by atoms with Crippen molar-refractivity contribution in [2.45, 2.75) is 0 Å². The summed E-state index contributed by atoms with van der Waals surface area (Å²) in [7, 11) is 3.10. The topological polar surface area (TPSA) is 58.9 Å². The van der Waals surface area contributed by atoms with E-state index in [4.69, 9.17) is 10.2 Å². The van der Waals surface area contributed by atoms with Crippen LogP contribution in [-0.4, -0.2) is 68.2 Å². The maximum absolute atomic E-state index is 7.94. The molecule has 12 heavy (non-hydrogen) atoms. The molecule has 2 N–H and O–H groups in total. The van der Waals surface area contributed by atoms with Gasteiger partial charge >= 0.3 is 29.6 Å². The number of aliphatic hydroxyl groups is 2. The van der Waals surface area contributed by atoms with Crippen molar-refractivity contribution in [3.05, 3.63) is 0 Å². The van der Waals surface area contributed by atoms with Gasteiger partial charge in [0.25, 0.3) is 0 Å². The third-order valence-corrected chi connectivity index (χ3v) is 0.591. The van der Waals surface area contributed by atoms with E-state index in [-0.39, 0.29) is 60.1 Å². The Morgan fingerprint density at radius 3 is 1.17 bits per heavy atom. The molecule has 6 heteroatoms. The summed E-state index contributed by atoms with van der Waals surface area (Å²) in [6.07, 6.45) is 0. The van der Waals surface area contributed by atoms with Crippen molar-refractivity contribution in [1.82, 2.24) is 0 Å². The van der Waals surface area contributed by atoms with Crippen molar-refractivity contribution in [3.63, 3.8) is 0 Å². The van der Waals surface area contributed by atoms with Crippen molar-refractivity contribution in [2.75, 3.05) is 40.6 Å². The molecule has 0 aromatic carbocycles. The minimum Gasteiger partial charge on any atom is -0.394 e. The molecule has 0 aromatic heterocycles. The smallest absolute Gasteiger partial charge is 0.394 e. The fourth-order valence-electron chi connectivity index (χ4n) is 0.183. The van der Waals surface area contributed by atoms with Crippen LogP contribution in [0.5, 0.6) is 0 Å². The third kappa shape index (κ3) is 42.4. The van der Waals surface area contributed by atoms with Gasteiger partial charge in [-0.25, -0.2) is 0 Å². The SMILES string of the molecule is COCCO.COCCO.[AlH2-].[Na+]. The maximum atomic E-state index is 7.94. The van der Waals surface area contributed by atoms with Crippen molar-refractivity contribution in [1.29, 1.82) is 0 Å². The number of rotatable bonds is 4. The van der Waals surface area contributed by atoms with Crippen LogP contribution in [0.25, 0.3) is 0 Å². The summed E-state index contributed by atoms with van der Waals surface area (Å²) in [5, 5.41) is 15.9. The average molecular weight is 204 g/mol. The van der Waals surface area contributed by atoms with Gasteiger partial charge in [0.15, 0.2) is 0 Å². The molecule has 0 unspecified atom stereocenters. The normalized spacial score (nSPS) is 7.00. The Hall–Kier alpha value is 1.37. The van der Waals surface area contributed by atoms with Crippen molar-refractivity contribution in [2.24, 2.45) is 0 Å². The quantitative estimate of drug-likeness (QED) is 0.452. The molecule has 0 bridgehead atoms. The Kier molecular flexibility index (Phi) is 57.2. The Morgan fingerprint density at radius 1 is 0.917 bits per heavy atom. The molecule has 0 aliphatic heterocycles. The van der Waals surface area contributed by atoms with Gasteiger partial charge in [-0.05, 0) is 0 Å². The summed E-state index contributed by atoms with van der Waals surface area (Å²) < 4.78 is 8.88. The van der Waals surface area contributed by atoms with E-state index in [1.807, 2.05) is 0 Å². The first-order chi connectivity index (χ1) is 4.83. The van der Waals surface area contributed by atoms with E-state index in [1.54, 1.807) is 14.2 Å². The Morgan fingerprint density at radius 2 is 1.17 bits per heavy atom. The molecule has 2 radical (unpaired) electrons. The molecule has 0 aliphatic rings. The standard InChI is InChI=1S/2C3H8O2.Al.Na.2H/c2*1-5-3-2-4;;;;/h2*4H,2-3H2,1H3;;;;/q;;-1;+1;;. The summed E-state index contributed by atoms with van der Waals surface area (Å²) in [4.78, 5) is 0. The van der Waals surface area contributed by atoms with Crippen LogP contribution in [0.4, 0.5) is 0 Å². The number of hydrogen-bond acceptors (Lipinski definition) is 4. The number of aliphatic hydroxyl groups excluding tert-OH is 2. The van der Waals surface area contributed by atoms with Crippen LogP contribution in [0, 0.1) is 0 Å². The first-order valence-corrected chi connectivity index (χ1v) is 3.03. The third-order valence-electron chi connectivity index (χ3n) is 0.591. The van der Waals surface area contributed by atoms with E-state index >= 15 is 0 Å². The van der Waals surface area contributed by atoms with Crippen LogP contribution in [0.1, 0.15) is 0 Å². The summed E-state index contributed by atoms with van der Waals surface area (Å²) in [6.45, 7) is 1.13. The van der Waals surface area contributed by atoms with Crippen LogP contribution in [-0.2, 0) is 9.47 Å². The molecule has 70 valence electrons. The van der Waals surface area contributed by atoms with Gasteiger partial charge < -0.3 is 37.0 Å². The second-order valence-corrected chi connectivity index (χ2v) is 1.43. The summed E-state index contributed by atoms with van der Waals surface area (Å²) >= 11 is 0. The van der Waals surface area contributed by atoms with Crippen LogP contribution < -0.4 is 29.6 Å². The molecular weight excluding hydrogens is 186 g/mol. The first kappa shape index (κ1) is 23.3. The van der Waals surface area contributed by atoms with Crippen LogP contribution in [0.2, 0.25) is 0 Å². The van der Waals surface area contributed by atoms with E-state index in [0.717, 1.165) is 0 Å². The number of methoxy groups -OCH3 is 2. The fourth-order valence-corrected chi connectivity index (χ4v) is 0.183. The van der Waals surface area contributed by atoms with Gasteiger partial charge in [-0.1, -0.05) is 0 Å². The molecule has 0 heterocycles. The molecule has 0 aliphatic carbocycles. The van der Waals surface area contributed by atoms with Gasteiger partial charge in [0.2, 0.25) is 0 Å². The monoisotopic (exact) mass is 204 g/mol. The molecule has 0 aromatic rings. The zero-order chi connectivity index (χ0) is 8.24. The van der Waals surface area contributed by atoms with Crippen molar-refractivity contribution < 1.29 is 49.2 Å². The van der Waals surface area contributed by atoms with Crippen LogP contribution in [0.3, 0.4) is 0 Å². The summed E-state index contributed by atoms with van der Waals surface area (Å²) in [5.74, 6) is 0. The largest absolute Gasteiger partial charge is 1.00 e.